The molecule has 0 saturated heterocycles. The van der Waals surface area contributed by atoms with Gasteiger partial charge < -0.3 is 10.6 Å². The number of amides is 2. The van der Waals surface area contributed by atoms with Crippen molar-refractivity contribution >= 4 is 6.03 Å². The number of fused-ring (bicyclic) bond motifs is 1. The maximum absolute atomic E-state index is 11.7. The lowest BCUT2D eigenvalue weighted by molar-refractivity contribution is 0.228. The SMILES string of the molecule is CC(C)(C)NC(=O)NC1Cc2ccccc2C1. The van der Waals surface area contributed by atoms with Crippen molar-refractivity contribution in [2.45, 2.75) is 45.2 Å². The molecule has 0 aromatic heterocycles. The predicted molar refractivity (Wildman–Crippen MR) is 69.1 cm³/mol. The molecule has 0 unspecified atom stereocenters. The molecule has 0 atom stereocenters. The number of carbonyl (C=O) groups is 1. The molecule has 2 amide bonds. The normalized spacial score (nSPS) is 15.5. The van der Waals surface area contributed by atoms with E-state index in [-0.39, 0.29) is 17.6 Å². The van der Waals surface area contributed by atoms with E-state index < -0.39 is 0 Å². The summed E-state index contributed by atoms with van der Waals surface area (Å²) in [5.74, 6) is 0. The van der Waals surface area contributed by atoms with E-state index in [0.29, 0.717) is 0 Å². The first-order valence-electron chi connectivity index (χ1n) is 6.09. The maximum Gasteiger partial charge on any atom is 0.315 e. The van der Waals surface area contributed by atoms with Gasteiger partial charge in [0.2, 0.25) is 0 Å². The van der Waals surface area contributed by atoms with Crippen LogP contribution in [-0.2, 0) is 12.8 Å². The molecule has 3 heteroatoms. The molecule has 0 heterocycles. The zero-order valence-corrected chi connectivity index (χ0v) is 10.7. The Labute approximate surface area is 103 Å². The van der Waals surface area contributed by atoms with Crippen LogP contribution in [0.5, 0.6) is 0 Å². The first kappa shape index (κ1) is 12.0. The smallest absolute Gasteiger partial charge is 0.315 e. The molecular formula is C14H20N2O. The van der Waals surface area contributed by atoms with Crippen molar-refractivity contribution in [1.29, 1.82) is 0 Å². The van der Waals surface area contributed by atoms with Gasteiger partial charge in [0.15, 0.2) is 0 Å². The van der Waals surface area contributed by atoms with Gasteiger partial charge in [-0.1, -0.05) is 24.3 Å². The lowest BCUT2D eigenvalue weighted by Gasteiger charge is -2.22. The summed E-state index contributed by atoms with van der Waals surface area (Å²) in [6, 6.07) is 8.54. The van der Waals surface area contributed by atoms with Crippen LogP contribution in [-0.4, -0.2) is 17.6 Å². The molecule has 17 heavy (non-hydrogen) atoms. The molecule has 1 aliphatic rings. The second kappa shape index (κ2) is 4.40. The van der Waals surface area contributed by atoms with Crippen LogP contribution in [0.1, 0.15) is 31.9 Å². The van der Waals surface area contributed by atoms with Gasteiger partial charge in [0.25, 0.3) is 0 Å². The summed E-state index contributed by atoms with van der Waals surface area (Å²) in [5, 5.41) is 5.96. The molecule has 92 valence electrons. The van der Waals surface area contributed by atoms with Gasteiger partial charge in [0.1, 0.15) is 0 Å². The van der Waals surface area contributed by atoms with Crippen molar-refractivity contribution in [3.63, 3.8) is 0 Å². The van der Waals surface area contributed by atoms with Crippen molar-refractivity contribution in [2.24, 2.45) is 0 Å². The van der Waals surface area contributed by atoms with Gasteiger partial charge in [-0.15, -0.1) is 0 Å². The Balaban J connectivity index is 1.90. The minimum atomic E-state index is -0.185. The van der Waals surface area contributed by atoms with Gasteiger partial charge in [0.05, 0.1) is 0 Å². The van der Waals surface area contributed by atoms with Gasteiger partial charge in [-0.3, -0.25) is 0 Å². The lowest BCUT2D eigenvalue weighted by Crippen LogP contribution is -2.49. The van der Waals surface area contributed by atoms with E-state index in [4.69, 9.17) is 0 Å². The van der Waals surface area contributed by atoms with Crippen LogP contribution in [0.15, 0.2) is 24.3 Å². The van der Waals surface area contributed by atoms with Crippen molar-refractivity contribution < 1.29 is 4.79 Å². The Morgan fingerprint density at radius 1 is 1.18 bits per heavy atom. The van der Waals surface area contributed by atoms with Gasteiger partial charge in [-0.05, 0) is 44.7 Å². The first-order chi connectivity index (χ1) is 7.94. The van der Waals surface area contributed by atoms with E-state index in [0.717, 1.165) is 12.8 Å². The number of hydrogen-bond acceptors (Lipinski definition) is 1. The second-order valence-electron chi connectivity index (χ2n) is 5.72. The number of hydrogen-bond donors (Lipinski definition) is 2. The van der Waals surface area contributed by atoms with Gasteiger partial charge in [0, 0.05) is 11.6 Å². The molecule has 1 aromatic carbocycles. The highest BCUT2D eigenvalue weighted by molar-refractivity contribution is 5.75. The molecular weight excluding hydrogens is 212 g/mol. The third-order valence-electron chi connectivity index (χ3n) is 2.87. The summed E-state index contributed by atoms with van der Waals surface area (Å²) in [5.41, 5.74) is 2.53. The molecule has 0 spiro atoms. The maximum atomic E-state index is 11.7. The van der Waals surface area contributed by atoms with Crippen LogP contribution in [0.25, 0.3) is 0 Å². The number of urea groups is 1. The van der Waals surface area contributed by atoms with E-state index in [1.165, 1.54) is 11.1 Å². The monoisotopic (exact) mass is 232 g/mol. The quantitative estimate of drug-likeness (QED) is 0.766. The van der Waals surface area contributed by atoms with Crippen LogP contribution in [0.4, 0.5) is 4.79 Å². The minimum absolute atomic E-state index is 0.0738. The van der Waals surface area contributed by atoms with Crippen LogP contribution < -0.4 is 10.6 Å². The third kappa shape index (κ3) is 3.22. The van der Waals surface area contributed by atoms with Crippen LogP contribution in [0.3, 0.4) is 0 Å². The molecule has 0 radical (unpaired) electrons. The largest absolute Gasteiger partial charge is 0.335 e. The third-order valence-corrected chi connectivity index (χ3v) is 2.87. The summed E-state index contributed by atoms with van der Waals surface area (Å²) in [7, 11) is 0. The highest BCUT2D eigenvalue weighted by Crippen LogP contribution is 2.21. The van der Waals surface area contributed by atoms with Crippen molar-refractivity contribution in [1.82, 2.24) is 10.6 Å². The summed E-state index contributed by atoms with van der Waals surface area (Å²) in [6.07, 6.45) is 1.88. The summed E-state index contributed by atoms with van der Waals surface area (Å²) in [6.45, 7) is 5.95. The summed E-state index contributed by atoms with van der Waals surface area (Å²) >= 11 is 0. The fourth-order valence-corrected chi connectivity index (χ4v) is 2.22. The average Bonchev–Trinajstić information content (AvgIpc) is 2.55. The predicted octanol–water partition coefficient (Wildman–Crippen LogP) is 2.25. The first-order valence-corrected chi connectivity index (χ1v) is 6.09. The average molecular weight is 232 g/mol. The van der Waals surface area contributed by atoms with E-state index >= 15 is 0 Å². The lowest BCUT2D eigenvalue weighted by atomic mass is 10.1. The number of rotatable bonds is 1. The molecule has 1 aromatic rings. The highest BCUT2D eigenvalue weighted by Gasteiger charge is 2.23. The van der Waals surface area contributed by atoms with Gasteiger partial charge >= 0.3 is 6.03 Å². The molecule has 0 fully saturated rings. The zero-order valence-electron chi connectivity index (χ0n) is 10.7. The van der Waals surface area contributed by atoms with E-state index in [1.54, 1.807) is 0 Å². The van der Waals surface area contributed by atoms with Crippen LogP contribution >= 0.6 is 0 Å². The Hall–Kier alpha value is -1.51. The van der Waals surface area contributed by atoms with Crippen molar-refractivity contribution in [3.8, 4) is 0 Å². The van der Waals surface area contributed by atoms with E-state index in [9.17, 15) is 4.79 Å². The summed E-state index contributed by atoms with van der Waals surface area (Å²) < 4.78 is 0. The molecule has 0 bridgehead atoms. The van der Waals surface area contributed by atoms with E-state index in [2.05, 4.69) is 34.9 Å². The molecule has 1 aliphatic carbocycles. The molecule has 2 rings (SSSR count). The molecule has 3 nitrogen and oxygen atoms in total. The van der Waals surface area contributed by atoms with Crippen molar-refractivity contribution in [2.75, 3.05) is 0 Å². The topological polar surface area (TPSA) is 41.1 Å². The number of nitrogens with one attached hydrogen (secondary N) is 2. The summed E-state index contributed by atoms with van der Waals surface area (Å²) in [4.78, 5) is 11.7. The second-order valence-corrected chi connectivity index (χ2v) is 5.72. The van der Waals surface area contributed by atoms with E-state index in [1.807, 2.05) is 20.8 Å². The standard InChI is InChI=1S/C14H20N2O/c1-14(2,3)16-13(17)15-12-8-10-6-4-5-7-11(10)9-12/h4-7,12H,8-9H2,1-3H3,(H2,15,16,17). The van der Waals surface area contributed by atoms with Crippen LogP contribution in [0, 0.1) is 0 Å². The highest BCUT2D eigenvalue weighted by atomic mass is 16.2. The van der Waals surface area contributed by atoms with Crippen molar-refractivity contribution in [3.05, 3.63) is 35.4 Å². The number of carbonyl (C=O) groups excluding carboxylic acids is 1. The fourth-order valence-electron chi connectivity index (χ4n) is 2.22. The van der Waals surface area contributed by atoms with Crippen LogP contribution in [0.2, 0.25) is 0 Å². The molecule has 2 N–H and O–H groups in total. The minimum Gasteiger partial charge on any atom is -0.335 e. The fraction of sp³-hybridized carbons (Fsp3) is 0.500. The Morgan fingerprint density at radius 2 is 1.71 bits per heavy atom. The number of benzene rings is 1. The Morgan fingerprint density at radius 3 is 2.18 bits per heavy atom. The van der Waals surface area contributed by atoms with Gasteiger partial charge in [-0.2, -0.15) is 0 Å². The zero-order chi connectivity index (χ0) is 12.5. The molecule has 0 saturated carbocycles. The molecule has 0 aliphatic heterocycles. The Kier molecular flexibility index (Phi) is 3.09. The van der Waals surface area contributed by atoms with Gasteiger partial charge in [-0.25, -0.2) is 4.79 Å². The Bertz CT molecular complexity index is 395.